The summed E-state index contributed by atoms with van der Waals surface area (Å²) in [5.41, 5.74) is -5.35. The van der Waals surface area contributed by atoms with E-state index in [2.05, 4.69) is 31.0 Å². The quantitative estimate of drug-likeness (QED) is 0.0535. The van der Waals surface area contributed by atoms with Gasteiger partial charge in [-0.25, -0.2) is 26.3 Å². The summed E-state index contributed by atoms with van der Waals surface area (Å²) >= 11 is 0. The van der Waals surface area contributed by atoms with Crippen molar-refractivity contribution in [3.8, 4) is 0 Å². The van der Waals surface area contributed by atoms with E-state index in [0.29, 0.717) is 43.5 Å². The number of carbonyl (C=O) groups excluding carboxylic acids is 2. The van der Waals surface area contributed by atoms with E-state index in [4.69, 9.17) is 31.7 Å². The third-order valence-corrected chi connectivity index (χ3v) is 10.4. The van der Waals surface area contributed by atoms with Crippen molar-refractivity contribution < 1.29 is 115 Å². The van der Waals surface area contributed by atoms with Crippen LogP contribution in [0.4, 0.5) is 79.0 Å². The number of nitrogens with zero attached hydrogens (tertiary/aromatic N) is 7. The normalized spacial score (nSPS) is 16.1. The number of hydrogen-bond donors (Lipinski definition) is 5. The van der Waals surface area contributed by atoms with Gasteiger partial charge in [0, 0.05) is 63.2 Å². The first-order chi connectivity index (χ1) is 32.7. The number of amides is 2. The molecule has 2 aromatic carbocycles. The standard InChI is InChI=1S/C16H15F6N5O.C10H8F3NO.C6H7F3N4.2CHF3O3S.CH4/c17-10-6-12(19)11(18)4-8(10)3-9(23)5-14(28)26-1-2-27-13(7-26)24-25-15(27)16(20,21)22;11-7-4-9(13)8(12)2-5(7)1-6-3-10(15)14-6;7-6(8,9)5-12-11-4-3-10-1-2-13(4)5;2*2-1(3,4)8(5,6)7;/h4,6,9H,1-3,5,7,23H2;2,4,6H,1,3H2,(H,14,15);10H,1-3H2;2*(H,5,6,7);1H4/t9-;;;;;/m1...../s1. The Kier molecular flexibility index (Phi) is 21.2. The summed E-state index contributed by atoms with van der Waals surface area (Å²) in [5, 5.41) is 18.6. The fraction of sp³-hybridized carbons (Fsp3) is 0.486. The maximum absolute atomic E-state index is 13.7. The average molecular weight is 1130 g/mol. The summed E-state index contributed by atoms with van der Waals surface area (Å²) in [6, 6.07) is 1.36. The molecule has 4 aromatic rings. The lowest BCUT2D eigenvalue weighted by molar-refractivity contribution is -0.148. The highest BCUT2D eigenvalue weighted by molar-refractivity contribution is 7.86. The van der Waals surface area contributed by atoms with Crippen LogP contribution in [0.1, 0.15) is 54.7 Å². The van der Waals surface area contributed by atoms with Crippen LogP contribution in [0.3, 0.4) is 0 Å². The third kappa shape index (κ3) is 18.2. The smallest absolute Gasteiger partial charge is 0.352 e. The number of aromatic nitrogens is 6. The molecule has 0 aliphatic carbocycles. The highest BCUT2D eigenvalue weighted by Crippen LogP contribution is 2.31. The minimum Gasteiger partial charge on any atom is -0.352 e. The number of benzene rings is 2. The van der Waals surface area contributed by atoms with Crippen molar-refractivity contribution in [2.24, 2.45) is 5.73 Å². The molecule has 3 aliphatic rings. The maximum Gasteiger partial charge on any atom is 0.522 e. The minimum absolute atomic E-state index is 0. The second-order valence-corrected chi connectivity index (χ2v) is 17.4. The van der Waals surface area contributed by atoms with E-state index in [1.807, 2.05) is 0 Å². The van der Waals surface area contributed by atoms with Gasteiger partial charge in [0.25, 0.3) is 0 Å². The van der Waals surface area contributed by atoms with Crippen molar-refractivity contribution in [2.45, 2.75) is 94.7 Å². The Balaban J connectivity index is 0.000000343. The van der Waals surface area contributed by atoms with Crippen LogP contribution < -0.4 is 16.4 Å². The van der Waals surface area contributed by atoms with Crippen LogP contribution in [0.2, 0.25) is 0 Å². The van der Waals surface area contributed by atoms with Crippen LogP contribution in [0.25, 0.3) is 0 Å². The van der Waals surface area contributed by atoms with E-state index < -0.39 is 102 Å². The summed E-state index contributed by atoms with van der Waals surface area (Å²) in [7, 11) is -11.7. The van der Waals surface area contributed by atoms with Gasteiger partial charge in [-0.1, -0.05) is 7.43 Å². The van der Waals surface area contributed by atoms with Gasteiger partial charge in [0.2, 0.25) is 23.5 Å². The van der Waals surface area contributed by atoms with Crippen LogP contribution >= 0.6 is 0 Å². The fourth-order valence-electron chi connectivity index (χ4n) is 5.85. The van der Waals surface area contributed by atoms with Crippen molar-refractivity contribution in [3.05, 3.63) is 93.6 Å². The zero-order valence-electron chi connectivity index (χ0n) is 35.2. The van der Waals surface area contributed by atoms with Crippen molar-refractivity contribution >= 4 is 32.1 Å². The molecule has 0 saturated carbocycles. The number of halogens is 18. The van der Waals surface area contributed by atoms with E-state index in [9.17, 15) is 88.6 Å². The van der Waals surface area contributed by atoms with Gasteiger partial charge in [-0.3, -0.25) is 18.7 Å². The lowest BCUT2D eigenvalue weighted by Crippen LogP contribution is -2.49. The van der Waals surface area contributed by atoms with Crippen molar-refractivity contribution in [2.75, 3.05) is 13.1 Å². The summed E-state index contributed by atoms with van der Waals surface area (Å²) in [6.45, 7) is 0.845. The summed E-state index contributed by atoms with van der Waals surface area (Å²) in [6.07, 6.45) is -9.01. The zero-order valence-corrected chi connectivity index (χ0v) is 36.8. The number of nitrogens with two attached hydrogens (primary N) is 1. The first-order valence-corrected chi connectivity index (χ1v) is 22.0. The SMILES string of the molecule is C.FC(F)(F)c1nnc2n1CCNC2.N[C@@H](CC(=O)N1CCn2c(nnc2C(F)(F)F)C1)Cc1cc(F)c(F)cc1F.O=C1CC(Cc2cc(F)c(F)cc2F)N1.O=S(=O)(O)C(F)(F)F.O=S(=O)(O)C(F)(F)F. The third-order valence-electron chi connectivity index (χ3n) is 9.18. The molecule has 2 aromatic heterocycles. The largest absolute Gasteiger partial charge is 0.522 e. The first kappa shape index (κ1) is 63.3. The molecule has 18 nitrogen and oxygen atoms in total. The zero-order chi connectivity index (χ0) is 55.1. The predicted molar refractivity (Wildman–Crippen MR) is 208 cm³/mol. The van der Waals surface area contributed by atoms with Gasteiger partial charge in [-0.2, -0.15) is 69.5 Å². The number of alkyl halides is 12. The van der Waals surface area contributed by atoms with Gasteiger partial charge in [-0.15, -0.1) is 20.4 Å². The molecular weight excluding hydrogens is 1090 g/mol. The molecule has 2 amide bonds. The monoisotopic (exact) mass is 1130 g/mol. The second-order valence-electron chi connectivity index (χ2n) is 14.6. The molecule has 6 N–H and O–H groups in total. The Morgan fingerprint density at radius 1 is 0.671 bits per heavy atom. The highest BCUT2D eigenvalue weighted by atomic mass is 32.2. The summed E-state index contributed by atoms with van der Waals surface area (Å²) in [4.78, 5) is 24.2. The van der Waals surface area contributed by atoms with Crippen molar-refractivity contribution in [1.82, 2.24) is 45.1 Å². The van der Waals surface area contributed by atoms with E-state index in [-0.39, 0.29) is 81.8 Å². The van der Waals surface area contributed by atoms with Gasteiger partial charge in [-0.05, 0) is 36.1 Å². The Hall–Kier alpha value is -5.86. The molecule has 0 radical (unpaired) electrons. The number of carbonyl (C=O) groups is 2. The number of nitrogens with one attached hydrogen (secondary N) is 2. The Bertz CT molecular complexity index is 2740. The van der Waals surface area contributed by atoms with E-state index >= 15 is 0 Å². The lowest BCUT2D eigenvalue weighted by atomic mass is 9.97. The van der Waals surface area contributed by atoms with Gasteiger partial charge in [0.05, 0.1) is 13.1 Å². The molecule has 0 bridgehead atoms. The molecule has 1 unspecified atom stereocenters. The molecule has 3 aliphatic heterocycles. The maximum atomic E-state index is 13.7. The molecule has 38 heteroatoms. The molecule has 0 spiro atoms. The van der Waals surface area contributed by atoms with Crippen LogP contribution in [-0.2, 0) is 81.2 Å². The number of β-lactam (4-membered cyclic amide) rings is 1. The average Bonchev–Trinajstić information content (AvgIpc) is 3.86. The summed E-state index contributed by atoms with van der Waals surface area (Å²) in [5.74, 6) is -8.86. The molecule has 412 valence electrons. The van der Waals surface area contributed by atoms with Crippen LogP contribution in [0.15, 0.2) is 24.3 Å². The van der Waals surface area contributed by atoms with Crippen LogP contribution in [0.5, 0.6) is 0 Å². The number of rotatable bonds is 6. The van der Waals surface area contributed by atoms with Gasteiger partial charge < -0.3 is 30.4 Å². The molecular formula is C35H36F18N10O8S2. The highest BCUT2D eigenvalue weighted by Gasteiger charge is 2.45. The molecule has 7 rings (SSSR count). The molecule has 2 atom stereocenters. The van der Waals surface area contributed by atoms with Crippen LogP contribution in [0, 0.1) is 34.9 Å². The Labute approximate surface area is 398 Å². The van der Waals surface area contributed by atoms with Crippen molar-refractivity contribution in [3.63, 3.8) is 0 Å². The van der Waals surface area contributed by atoms with E-state index in [0.717, 1.165) is 15.2 Å². The fourth-order valence-corrected chi connectivity index (χ4v) is 5.85. The topological polar surface area (TPSA) is 258 Å². The van der Waals surface area contributed by atoms with Crippen LogP contribution in [-0.4, -0.2) is 108 Å². The Morgan fingerprint density at radius 3 is 1.52 bits per heavy atom. The van der Waals surface area contributed by atoms with Gasteiger partial charge in [0.15, 0.2) is 29.1 Å². The molecule has 73 heavy (non-hydrogen) atoms. The van der Waals surface area contributed by atoms with E-state index in [1.165, 1.54) is 4.90 Å². The molecule has 1 fully saturated rings. The van der Waals surface area contributed by atoms with Crippen molar-refractivity contribution in [1.29, 1.82) is 0 Å². The lowest BCUT2D eigenvalue weighted by Gasteiger charge is -2.29. The molecule has 5 heterocycles. The Morgan fingerprint density at radius 2 is 1.08 bits per heavy atom. The van der Waals surface area contributed by atoms with E-state index in [1.54, 1.807) is 0 Å². The summed E-state index contributed by atoms with van der Waals surface area (Å²) < 4.78 is 271. The number of hydrogen-bond acceptors (Lipinski definition) is 12. The van der Waals surface area contributed by atoms with Gasteiger partial charge in [0.1, 0.15) is 17.5 Å². The first-order valence-electron chi connectivity index (χ1n) is 19.1. The van der Waals surface area contributed by atoms with Gasteiger partial charge >= 0.3 is 43.6 Å². The minimum atomic E-state index is -5.84. The predicted octanol–water partition coefficient (Wildman–Crippen LogP) is 5.38. The number of fused-ring (bicyclic) bond motifs is 2. The molecule has 1 saturated heterocycles. The second kappa shape index (κ2) is 24.4.